The molecule has 1 aliphatic heterocycles. The van der Waals surface area contributed by atoms with E-state index in [1.54, 1.807) is 17.8 Å². The zero-order valence-electron chi connectivity index (χ0n) is 16.4. The highest BCUT2D eigenvalue weighted by atomic mass is 32.2. The van der Waals surface area contributed by atoms with Crippen LogP contribution in [0.4, 0.5) is 11.5 Å². The van der Waals surface area contributed by atoms with Crippen molar-refractivity contribution in [2.75, 3.05) is 24.5 Å². The highest BCUT2D eigenvalue weighted by molar-refractivity contribution is 7.89. The number of fused-ring (bicyclic) bond motifs is 1. The third-order valence-corrected chi connectivity index (χ3v) is 6.71. The molecule has 0 aliphatic carbocycles. The molecule has 3 aromatic rings. The van der Waals surface area contributed by atoms with E-state index in [4.69, 9.17) is 0 Å². The molecule has 3 heterocycles. The highest BCUT2D eigenvalue weighted by Crippen LogP contribution is 2.25. The van der Waals surface area contributed by atoms with Crippen LogP contribution >= 0.6 is 0 Å². The SMILES string of the molecule is Cc1ccc([N+](=O)[O-])cc1S(=O)(=O)NCCn1ncc2c(N3CCCC3)ncnc21. The van der Waals surface area contributed by atoms with E-state index in [-0.39, 0.29) is 23.7 Å². The Balaban J connectivity index is 1.50. The molecule has 2 aromatic heterocycles. The molecule has 30 heavy (non-hydrogen) atoms. The van der Waals surface area contributed by atoms with E-state index in [1.165, 1.54) is 18.5 Å². The average molecular weight is 431 g/mol. The van der Waals surface area contributed by atoms with Crippen molar-refractivity contribution in [2.45, 2.75) is 31.2 Å². The summed E-state index contributed by atoms with van der Waals surface area (Å²) < 4.78 is 29.4. The lowest BCUT2D eigenvalue weighted by Crippen LogP contribution is -2.28. The molecule has 1 aromatic carbocycles. The lowest BCUT2D eigenvalue weighted by Gasteiger charge is -2.16. The number of benzene rings is 1. The van der Waals surface area contributed by atoms with Gasteiger partial charge in [0.25, 0.3) is 5.69 Å². The molecular formula is C18H21N7O4S. The van der Waals surface area contributed by atoms with Crippen LogP contribution in [0.1, 0.15) is 18.4 Å². The number of nitrogens with one attached hydrogen (secondary N) is 1. The van der Waals surface area contributed by atoms with Gasteiger partial charge in [-0.15, -0.1) is 0 Å². The first-order chi connectivity index (χ1) is 14.4. The number of rotatable bonds is 7. The molecule has 1 fully saturated rings. The summed E-state index contributed by atoms with van der Waals surface area (Å²) in [5.41, 5.74) is 0.795. The number of anilines is 1. The summed E-state index contributed by atoms with van der Waals surface area (Å²) in [5.74, 6) is 0.844. The van der Waals surface area contributed by atoms with Crippen LogP contribution in [0.2, 0.25) is 0 Å². The molecule has 0 saturated carbocycles. The Morgan fingerprint density at radius 3 is 2.73 bits per heavy atom. The predicted molar refractivity (Wildman–Crippen MR) is 110 cm³/mol. The van der Waals surface area contributed by atoms with Gasteiger partial charge in [-0.3, -0.25) is 10.1 Å². The molecule has 158 valence electrons. The van der Waals surface area contributed by atoms with E-state index in [1.807, 2.05) is 0 Å². The lowest BCUT2D eigenvalue weighted by atomic mass is 10.2. The van der Waals surface area contributed by atoms with Crippen LogP contribution < -0.4 is 9.62 Å². The van der Waals surface area contributed by atoms with Crippen LogP contribution in [-0.4, -0.2) is 52.7 Å². The van der Waals surface area contributed by atoms with Gasteiger partial charge >= 0.3 is 0 Å². The van der Waals surface area contributed by atoms with Gasteiger partial charge in [-0.2, -0.15) is 5.10 Å². The largest absolute Gasteiger partial charge is 0.356 e. The van der Waals surface area contributed by atoms with E-state index in [2.05, 4.69) is 24.7 Å². The predicted octanol–water partition coefficient (Wildman–Crippen LogP) is 1.62. The van der Waals surface area contributed by atoms with Crippen LogP contribution in [-0.2, 0) is 16.6 Å². The first kappa shape index (κ1) is 20.2. The second-order valence-electron chi connectivity index (χ2n) is 7.10. The maximum Gasteiger partial charge on any atom is 0.270 e. The number of hydrogen-bond donors (Lipinski definition) is 1. The van der Waals surface area contributed by atoms with Gasteiger partial charge in [-0.25, -0.2) is 27.8 Å². The second kappa shape index (κ2) is 7.95. The summed E-state index contributed by atoms with van der Waals surface area (Å²) in [6, 6.07) is 3.77. The van der Waals surface area contributed by atoms with Crippen LogP contribution in [0.15, 0.2) is 35.6 Å². The first-order valence-electron chi connectivity index (χ1n) is 9.53. The summed E-state index contributed by atoms with van der Waals surface area (Å²) >= 11 is 0. The van der Waals surface area contributed by atoms with Gasteiger partial charge in [0, 0.05) is 31.8 Å². The number of aromatic nitrogens is 4. The zero-order chi connectivity index (χ0) is 21.3. The van der Waals surface area contributed by atoms with Crippen molar-refractivity contribution in [3.63, 3.8) is 0 Å². The fourth-order valence-electron chi connectivity index (χ4n) is 3.58. The molecular weight excluding hydrogens is 410 g/mol. The summed E-state index contributed by atoms with van der Waals surface area (Å²) in [6.07, 6.45) is 5.43. The third-order valence-electron chi connectivity index (χ3n) is 5.11. The van der Waals surface area contributed by atoms with E-state index >= 15 is 0 Å². The number of nitro benzene ring substituents is 1. The smallest absolute Gasteiger partial charge is 0.270 e. The Hall–Kier alpha value is -3.12. The van der Waals surface area contributed by atoms with Gasteiger partial charge in [0.1, 0.15) is 12.1 Å². The zero-order valence-corrected chi connectivity index (χ0v) is 17.2. The Labute approximate surface area is 172 Å². The molecule has 0 radical (unpaired) electrons. The maximum atomic E-state index is 12.7. The summed E-state index contributed by atoms with van der Waals surface area (Å²) in [5, 5.41) is 16.1. The minimum Gasteiger partial charge on any atom is -0.356 e. The Bertz CT molecular complexity index is 1200. The van der Waals surface area contributed by atoms with Crippen molar-refractivity contribution >= 4 is 32.6 Å². The number of aryl methyl sites for hydroxylation is 1. The number of nitrogens with zero attached hydrogens (tertiary/aromatic N) is 6. The summed E-state index contributed by atoms with van der Waals surface area (Å²) in [4.78, 5) is 21.1. The quantitative estimate of drug-likeness (QED) is 0.440. The molecule has 12 heteroatoms. The van der Waals surface area contributed by atoms with Crippen LogP contribution in [0.5, 0.6) is 0 Å². The molecule has 0 unspecified atom stereocenters. The van der Waals surface area contributed by atoms with Crippen molar-refractivity contribution in [3.8, 4) is 0 Å². The van der Waals surface area contributed by atoms with Crippen LogP contribution in [0, 0.1) is 17.0 Å². The van der Waals surface area contributed by atoms with Crippen molar-refractivity contribution in [1.29, 1.82) is 0 Å². The number of nitro groups is 1. The van der Waals surface area contributed by atoms with Crippen molar-refractivity contribution in [2.24, 2.45) is 0 Å². The maximum absolute atomic E-state index is 12.7. The van der Waals surface area contributed by atoms with E-state index in [0.29, 0.717) is 11.2 Å². The van der Waals surface area contributed by atoms with Gasteiger partial charge in [0.05, 0.1) is 27.9 Å². The molecule has 1 N–H and O–H groups in total. The first-order valence-corrected chi connectivity index (χ1v) is 11.0. The topological polar surface area (TPSA) is 136 Å². The number of sulfonamides is 1. The molecule has 11 nitrogen and oxygen atoms in total. The van der Waals surface area contributed by atoms with E-state index in [9.17, 15) is 18.5 Å². The number of non-ortho nitro benzene ring substituents is 1. The number of hydrogen-bond acceptors (Lipinski definition) is 8. The lowest BCUT2D eigenvalue weighted by molar-refractivity contribution is -0.385. The van der Waals surface area contributed by atoms with Gasteiger partial charge in [-0.05, 0) is 25.3 Å². The second-order valence-corrected chi connectivity index (χ2v) is 8.84. The minimum atomic E-state index is -3.91. The molecule has 1 aliphatic rings. The highest BCUT2D eigenvalue weighted by Gasteiger charge is 2.21. The Kier molecular flexibility index (Phi) is 5.35. The molecule has 0 atom stereocenters. The van der Waals surface area contributed by atoms with Crippen LogP contribution in [0.25, 0.3) is 11.0 Å². The van der Waals surface area contributed by atoms with Gasteiger partial charge in [-0.1, -0.05) is 6.07 Å². The molecule has 0 amide bonds. The van der Waals surface area contributed by atoms with E-state index < -0.39 is 14.9 Å². The molecule has 1 saturated heterocycles. The normalized spacial score (nSPS) is 14.5. The van der Waals surface area contributed by atoms with Crippen LogP contribution in [0.3, 0.4) is 0 Å². The van der Waals surface area contributed by atoms with Gasteiger partial charge < -0.3 is 4.90 Å². The Morgan fingerprint density at radius 1 is 1.23 bits per heavy atom. The summed E-state index contributed by atoms with van der Waals surface area (Å²) in [7, 11) is -3.91. The van der Waals surface area contributed by atoms with E-state index in [0.717, 1.165) is 43.2 Å². The molecule has 0 spiro atoms. The van der Waals surface area contributed by atoms with Crippen molar-refractivity contribution in [3.05, 3.63) is 46.4 Å². The van der Waals surface area contributed by atoms with Crippen molar-refractivity contribution < 1.29 is 13.3 Å². The minimum absolute atomic E-state index is 0.0598. The standard InChI is InChI=1S/C18H21N7O4S/c1-13-4-5-14(25(26)27)10-16(13)30(28,29)22-6-9-24-18-15(11-21-24)17(19-12-20-18)23-7-2-3-8-23/h4-5,10-12,22H,2-3,6-9H2,1H3. The fourth-order valence-corrected chi connectivity index (χ4v) is 4.86. The fraction of sp³-hybridized carbons (Fsp3) is 0.389. The molecule has 4 rings (SSSR count). The van der Waals surface area contributed by atoms with Gasteiger partial charge in [0.15, 0.2) is 5.65 Å². The Morgan fingerprint density at radius 2 is 2.00 bits per heavy atom. The average Bonchev–Trinajstić information content (AvgIpc) is 3.38. The summed E-state index contributed by atoms with van der Waals surface area (Å²) in [6.45, 7) is 3.80. The van der Waals surface area contributed by atoms with Gasteiger partial charge in [0.2, 0.25) is 10.0 Å². The molecule has 0 bridgehead atoms. The third kappa shape index (κ3) is 3.83. The monoisotopic (exact) mass is 431 g/mol. The van der Waals surface area contributed by atoms with Crippen molar-refractivity contribution in [1.82, 2.24) is 24.5 Å².